The molecule has 0 spiro atoms. The first-order valence-electron chi connectivity index (χ1n) is 8.51. The fourth-order valence-electron chi connectivity index (χ4n) is 4.32. The minimum absolute atomic E-state index is 0.105. The van der Waals surface area contributed by atoms with Gasteiger partial charge in [0.25, 0.3) is 0 Å². The minimum Gasteiger partial charge on any atom is -0.469 e. The number of methoxy groups -OCH3 is 2. The first-order valence-corrected chi connectivity index (χ1v) is 8.51. The van der Waals surface area contributed by atoms with Crippen molar-refractivity contribution >= 4 is 17.7 Å². The molecule has 0 aromatic heterocycles. The minimum atomic E-state index is -1.47. The lowest BCUT2D eigenvalue weighted by Gasteiger charge is -2.45. The Bertz CT molecular complexity index is 674. The van der Waals surface area contributed by atoms with Crippen molar-refractivity contribution in [2.45, 2.75) is 44.3 Å². The van der Waals surface area contributed by atoms with E-state index in [-0.39, 0.29) is 30.7 Å². The average Bonchev–Trinajstić information content (AvgIpc) is 2.94. The summed E-state index contributed by atoms with van der Waals surface area (Å²) >= 11 is 0. The number of carbonyl (C=O) groups excluding carboxylic acids is 3. The average molecular weight is 345 g/mol. The summed E-state index contributed by atoms with van der Waals surface area (Å²) < 4.78 is 9.73. The van der Waals surface area contributed by atoms with Gasteiger partial charge in [-0.2, -0.15) is 0 Å². The van der Waals surface area contributed by atoms with Crippen LogP contribution in [0.3, 0.4) is 0 Å². The summed E-state index contributed by atoms with van der Waals surface area (Å²) in [6.07, 6.45) is 1.52. The van der Waals surface area contributed by atoms with Crippen LogP contribution < -0.4 is 0 Å². The topological polar surface area (TPSA) is 72.9 Å². The zero-order valence-corrected chi connectivity index (χ0v) is 14.6. The third-order valence-electron chi connectivity index (χ3n) is 5.54. The van der Waals surface area contributed by atoms with Gasteiger partial charge in [-0.1, -0.05) is 30.3 Å². The molecule has 2 aliphatic heterocycles. The molecule has 3 atom stereocenters. The van der Waals surface area contributed by atoms with Crippen LogP contribution in [0.15, 0.2) is 30.3 Å². The Labute approximate surface area is 147 Å². The van der Waals surface area contributed by atoms with Gasteiger partial charge >= 0.3 is 11.9 Å². The van der Waals surface area contributed by atoms with Crippen molar-refractivity contribution in [1.29, 1.82) is 0 Å². The second-order valence-corrected chi connectivity index (χ2v) is 6.75. The van der Waals surface area contributed by atoms with E-state index in [9.17, 15) is 14.4 Å². The highest BCUT2D eigenvalue weighted by atomic mass is 16.5. The molecule has 6 nitrogen and oxygen atoms in total. The number of carbonyl (C=O) groups is 3. The van der Waals surface area contributed by atoms with Gasteiger partial charge < -0.3 is 9.47 Å². The lowest BCUT2D eigenvalue weighted by molar-refractivity contribution is -0.172. The van der Waals surface area contributed by atoms with Crippen molar-refractivity contribution in [3.63, 3.8) is 0 Å². The molecule has 0 N–H and O–H groups in total. The lowest BCUT2D eigenvalue weighted by Crippen LogP contribution is -2.60. The Morgan fingerprint density at radius 2 is 1.88 bits per heavy atom. The van der Waals surface area contributed by atoms with Crippen LogP contribution in [-0.2, 0) is 30.4 Å². The van der Waals surface area contributed by atoms with E-state index in [1.54, 1.807) is 0 Å². The number of rotatable bonds is 5. The summed E-state index contributed by atoms with van der Waals surface area (Å²) in [5, 5.41) is 0. The standard InChI is InChI=1S/C19H23NO5/c1-24-17(22)11-19(18(23)25-2)15-9-8-14(10-16(19)21)20(15)12-13-6-4-3-5-7-13/h3-7,14-15H,8-12H2,1-2H3/t14-,15+,19-/m1/s1. The maximum Gasteiger partial charge on any atom is 0.321 e. The number of Topliss-reactive ketones (excluding diaryl/α,β-unsaturated/α-hetero) is 1. The zero-order chi connectivity index (χ0) is 18.0. The number of hydrogen-bond acceptors (Lipinski definition) is 6. The number of hydrogen-bond donors (Lipinski definition) is 0. The van der Waals surface area contributed by atoms with Gasteiger partial charge in [0.1, 0.15) is 0 Å². The van der Waals surface area contributed by atoms with Gasteiger partial charge in [-0.25, -0.2) is 0 Å². The van der Waals surface area contributed by atoms with Crippen molar-refractivity contribution in [3.8, 4) is 0 Å². The van der Waals surface area contributed by atoms with Crippen molar-refractivity contribution in [3.05, 3.63) is 35.9 Å². The normalized spacial score (nSPS) is 28.6. The number of fused-ring (bicyclic) bond motifs is 2. The van der Waals surface area contributed by atoms with Gasteiger partial charge in [-0.05, 0) is 18.4 Å². The van der Waals surface area contributed by atoms with E-state index in [1.807, 2.05) is 30.3 Å². The molecule has 2 heterocycles. The molecule has 1 aromatic rings. The van der Waals surface area contributed by atoms with E-state index in [0.717, 1.165) is 12.0 Å². The van der Waals surface area contributed by atoms with Gasteiger partial charge in [0.15, 0.2) is 11.2 Å². The molecule has 2 aliphatic rings. The van der Waals surface area contributed by atoms with Crippen molar-refractivity contribution < 1.29 is 23.9 Å². The number of benzene rings is 1. The zero-order valence-electron chi connectivity index (χ0n) is 14.6. The van der Waals surface area contributed by atoms with Gasteiger partial charge in [0.05, 0.1) is 20.6 Å². The smallest absolute Gasteiger partial charge is 0.321 e. The van der Waals surface area contributed by atoms with Gasteiger partial charge in [-0.15, -0.1) is 0 Å². The first kappa shape index (κ1) is 17.6. The molecule has 0 unspecified atom stereocenters. The van der Waals surface area contributed by atoms with Crippen molar-refractivity contribution in [1.82, 2.24) is 4.90 Å². The molecular formula is C19H23NO5. The molecule has 134 valence electrons. The molecule has 0 amide bonds. The molecule has 0 aliphatic carbocycles. The third-order valence-corrected chi connectivity index (χ3v) is 5.54. The predicted molar refractivity (Wildman–Crippen MR) is 89.5 cm³/mol. The van der Waals surface area contributed by atoms with Gasteiger partial charge in [0.2, 0.25) is 0 Å². The van der Waals surface area contributed by atoms with Crippen LogP contribution in [0.1, 0.15) is 31.2 Å². The molecule has 2 bridgehead atoms. The molecule has 0 radical (unpaired) electrons. The Balaban J connectivity index is 1.97. The molecule has 6 heteroatoms. The SMILES string of the molecule is COC(=O)C[C@]1(C(=O)OC)C(=O)C[C@H]2CC[C@@H]1N2Cc1ccccc1. The lowest BCUT2D eigenvalue weighted by atomic mass is 9.70. The summed E-state index contributed by atoms with van der Waals surface area (Å²) in [4.78, 5) is 39.7. The molecule has 1 aromatic carbocycles. The Hall–Kier alpha value is -2.21. The maximum absolute atomic E-state index is 12.9. The summed E-state index contributed by atoms with van der Waals surface area (Å²) in [7, 11) is 2.52. The number of piperidine rings is 1. The summed E-state index contributed by atoms with van der Waals surface area (Å²) in [5.41, 5.74) is -0.352. The van der Waals surface area contributed by atoms with E-state index in [4.69, 9.17) is 9.47 Å². The van der Waals surface area contributed by atoms with Gasteiger partial charge in [0, 0.05) is 25.0 Å². The fourth-order valence-corrected chi connectivity index (χ4v) is 4.32. The van der Waals surface area contributed by atoms with E-state index < -0.39 is 17.4 Å². The third kappa shape index (κ3) is 2.95. The highest BCUT2D eigenvalue weighted by Crippen LogP contribution is 2.48. The molecule has 0 saturated carbocycles. The highest BCUT2D eigenvalue weighted by molar-refractivity contribution is 6.08. The summed E-state index contributed by atoms with van der Waals surface area (Å²) in [6.45, 7) is 0.642. The largest absolute Gasteiger partial charge is 0.469 e. The fraction of sp³-hybridized carbons (Fsp3) is 0.526. The molecular weight excluding hydrogens is 322 g/mol. The van der Waals surface area contributed by atoms with Crippen LogP contribution in [0, 0.1) is 5.41 Å². The van der Waals surface area contributed by atoms with Crippen molar-refractivity contribution in [2.75, 3.05) is 14.2 Å². The Morgan fingerprint density at radius 3 is 2.52 bits per heavy atom. The molecule has 2 fully saturated rings. The number of ether oxygens (including phenoxy) is 2. The molecule has 3 rings (SSSR count). The van der Waals surface area contributed by atoms with E-state index in [1.165, 1.54) is 14.2 Å². The van der Waals surface area contributed by atoms with Crippen molar-refractivity contribution in [2.24, 2.45) is 5.41 Å². The van der Waals surface area contributed by atoms with E-state index in [0.29, 0.717) is 13.0 Å². The highest BCUT2D eigenvalue weighted by Gasteiger charge is 2.62. The first-order chi connectivity index (χ1) is 12.0. The second kappa shape index (κ2) is 6.96. The summed E-state index contributed by atoms with van der Waals surface area (Å²) in [5.74, 6) is -1.41. The Morgan fingerprint density at radius 1 is 1.16 bits per heavy atom. The Kier molecular flexibility index (Phi) is 4.90. The molecule has 25 heavy (non-hydrogen) atoms. The van der Waals surface area contributed by atoms with Crippen LogP contribution in [0.5, 0.6) is 0 Å². The van der Waals surface area contributed by atoms with Crippen LogP contribution in [0.4, 0.5) is 0 Å². The monoisotopic (exact) mass is 345 g/mol. The van der Waals surface area contributed by atoms with Crippen LogP contribution in [0.25, 0.3) is 0 Å². The molecule has 2 saturated heterocycles. The van der Waals surface area contributed by atoms with E-state index >= 15 is 0 Å². The number of esters is 2. The predicted octanol–water partition coefficient (Wildman–Crippen LogP) is 1.71. The number of ketones is 1. The van der Waals surface area contributed by atoms with E-state index in [2.05, 4.69) is 4.90 Å². The van der Waals surface area contributed by atoms with Crippen LogP contribution in [-0.4, -0.2) is 48.9 Å². The number of nitrogens with zero attached hydrogens (tertiary/aromatic N) is 1. The maximum atomic E-state index is 12.9. The van der Waals surface area contributed by atoms with Crippen LogP contribution in [0.2, 0.25) is 0 Å². The van der Waals surface area contributed by atoms with Crippen LogP contribution >= 0.6 is 0 Å². The quantitative estimate of drug-likeness (QED) is 0.598. The second-order valence-electron chi connectivity index (χ2n) is 6.75. The summed E-state index contributed by atoms with van der Waals surface area (Å²) in [6, 6.07) is 9.70. The van der Waals surface area contributed by atoms with Gasteiger partial charge in [-0.3, -0.25) is 19.3 Å².